The number of carbonyl (C=O) groups is 1. The number of rotatable bonds is 5. The van der Waals surface area contributed by atoms with Gasteiger partial charge in [0.1, 0.15) is 5.75 Å². The van der Waals surface area contributed by atoms with Gasteiger partial charge in [-0.3, -0.25) is 9.89 Å². The van der Waals surface area contributed by atoms with E-state index in [1.807, 2.05) is 35.4 Å². The predicted octanol–water partition coefficient (Wildman–Crippen LogP) is 3.89. The fourth-order valence-corrected chi connectivity index (χ4v) is 5.09. The van der Waals surface area contributed by atoms with E-state index >= 15 is 0 Å². The molecule has 0 saturated carbocycles. The zero-order valence-corrected chi connectivity index (χ0v) is 19.3. The van der Waals surface area contributed by atoms with Gasteiger partial charge in [-0.25, -0.2) is 0 Å². The van der Waals surface area contributed by atoms with E-state index in [2.05, 4.69) is 27.2 Å². The van der Waals surface area contributed by atoms with Crippen LogP contribution in [-0.4, -0.2) is 67.5 Å². The fourth-order valence-electron chi connectivity index (χ4n) is 5.09. The Morgan fingerprint density at radius 3 is 2.91 bits per heavy atom. The molecule has 7 nitrogen and oxygen atoms in total. The van der Waals surface area contributed by atoms with Crippen LogP contribution in [0.2, 0.25) is 0 Å². The summed E-state index contributed by atoms with van der Waals surface area (Å²) in [5, 5.41) is 8.36. The Kier molecular flexibility index (Phi) is 6.48. The first-order valence-corrected chi connectivity index (χ1v) is 11.9. The first-order chi connectivity index (χ1) is 16.2. The smallest absolute Gasteiger partial charge is 0.257 e. The summed E-state index contributed by atoms with van der Waals surface area (Å²) in [5.74, 6) is 0.863. The van der Waals surface area contributed by atoms with E-state index in [1.54, 1.807) is 7.11 Å². The number of anilines is 1. The number of nitrogens with one attached hydrogen (secondary N) is 1. The number of hydrogen-bond donors (Lipinski definition) is 1. The molecular weight excluding hydrogens is 416 g/mol. The maximum Gasteiger partial charge on any atom is 0.257 e. The molecule has 2 fully saturated rings. The lowest BCUT2D eigenvalue weighted by molar-refractivity contribution is 0.0734. The molecule has 0 radical (unpaired) electrons. The normalized spacial score (nSPS) is 19.5. The molecule has 3 heterocycles. The van der Waals surface area contributed by atoms with Crippen molar-refractivity contribution in [3.8, 4) is 5.75 Å². The van der Waals surface area contributed by atoms with Crippen LogP contribution in [-0.2, 0) is 11.2 Å². The second-order valence-electron chi connectivity index (χ2n) is 9.08. The first kappa shape index (κ1) is 21.8. The van der Waals surface area contributed by atoms with Crippen LogP contribution >= 0.6 is 0 Å². The average Bonchev–Trinajstić information content (AvgIpc) is 3.23. The van der Waals surface area contributed by atoms with Gasteiger partial charge in [0.2, 0.25) is 0 Å². The van der Waals surface area contributed by atoms with Crippen molar-refractivity contribution >= 4 is 22.5 Å². The number of aromatic nitrogens is 2. The molecule has 1 N–H and O–H groups in total. The number of carbonyl (C=O) groups excluding carboxylic acids is 1. The number of H-pyrrole nitrogens is 1. The quantitative estimate of drug-likeness (QED) is 0.641. The third-order valence-corrected chi connectivity index (χ3v) is 6.84. The summed E-state index contributed by atoms with van der Waals surface area (Å²) >= 11 is 0. The lowest BCUT2D eigenvalue weighted by atomic mass is 9.97. The summed E-state index contributed by atoms with van der Waals surface area (Å²) in [4.78, 5) is 18.0. The van der Waals surface area contributed by atoms with E-state index in [0.29, 0.717) is 37.6 Å². The summed E-state index contributed by atoms with van der Waals surface area (Å²) < 4.78 is 11.5. The van der Waals surface area contributed by atoms with Crippen molar-refractivity contribution in [2.45, 2.75) is 25.7 Å². The molecule has 7 heteroatoms. The Morgan fingerprint density at radius 2 is 2.06 bits per heavy atom. The number of piperidine rings is 1. The molecule has 0 spiro atoms. The zero-order valence-electron chi connectivity index (χ0n) is 19.3. The molecule has 2 saturated heterocycles. The lowest BCUT2D eigenvalue weighted by Gasteiger charge is -2.30. The average molecular weight is 449 g/mol. The summed E-state index contributed by atoms with van der Waals surface area (Å²) in [5.41, 5.74) is 4.01. The number of amides is 1. The largest absolute Gasteiger partial charge is 0.496 e. The predicted molar refractivity (Wildman–Crippen MR) is 129 cm³/mol. The van der Waals surface area contributed by atoms with Crippen molar-refractivity contribution in [1.82, 2.24) is 15.1 Å². The van der Waals surface area contributed by atoms with E-state index in [9.17, 15) is 4.79 Å². The third-order valence-electron chi connectivity index (χ3n) is 6.84. The Bertz CT molecular complexity index is 1110. The van der Waals surface area contributed by atoms with Crippen molar-refractivity contribution in [2.24, 2.45) is 5.92 Å². The molecule has 1 amide bonds. The Hall–Kier alpha value is -3.06. The number of benzene rings is 2. The van der Waals surface area contributed by atoms with Crippen LogP contribution < -0.4 is 9.64 Å². The van der Waals surface area contributed by atoms with Crippen LogP contribution in [0.15, 0.2) is 42.6 Å². The minimum Gasteiger partial charge on any atom is -0.496 e. The molecule has 5 rings (SSSR count). The van der Waals surface area contributed by atoms with E-state index in [1.165, 1.54) is 24.8 Å². The van der Waals surface area contributed by atoms with Crippen molar-refractivity contribution in [1.29, 1.82) is 0 Å². The first-order valence-electron chi connectivity index (χ1n) is 11.9. The van der Waals surface area contributed by atoms with Gasteiger partial charge in [0.15, 0.2) is 0 Å². The van der Waals surface area contributed by atoms with Crippen LogP contribution in [0.5, 0.6) is 5.75 Å². The minimum atomic E-state index is 0.0164. The molecule has 1 aromatic heterocycles. The van der Waals surface area contributed by atoms with Gasteiger partial charge in [-0.1, -0.05) is 12.1 Å². The number of ether oxygens (including phenoxy) is 2. The van der Waals surface area contributed by atoms with Crippen LogP contribution in [0.4, 0.5) is 5.69 Å². The second kappa shape index (κ2) is 9.83. The topological polar surface area (TPSA) is 70.7 Å². The Morgan fingerprint density at radius 1 is 1.18 bits per heavy atom. The Labute approximate surface area is 194 Å². The highest BCUT2D eigenvalue weighted by Crippen LogP contribution is 2.29. The van der Waals surface area contributed by atoms with Gasteiger partial charge < -0.3 is 19.3 Å². The highest BCUT2D eigenvalue weighted by molar-refractivity contribution is 5.98. The molecule has 1 atom stereocenters. The minimum absolute atomic E-state index is 0.0164. The highest BCUT2D eigenvalue weighted by atomic mass is 16.5. The van der Waals surface area contributed by atoms with Gasteiger partial charge >= 0.3 is 0 Å². The molecule has 2 aromatic carbocycles. The van der Waals surface area contributed by atoms with Crippen molar-refractivity contribution in [3.63, 3.8) is 0 Å². The van der Waals surface area contributed by atoms with E-state index in [4.69, 9.17) is 9.47 Å². The molecule has 2 aliphatic heterocycles. The van der Waals surface area contributed by atoms with Crippen molar-refractivity contribution in [2.75, 3.05) is 51.4 Å². The molecule has 3 aromatic rings. The molecule has 33 heavy (non-hydrogen) atoms. The molecule has 2 aliphatic rings. The zero-order chi connectivity index (χ0) is 22.6. The molecular formula is C26H32N4O3. The molecule has 0 aliphatic carbocycles. The summed E-state index contributed by atoms with van der Waals surface area (Å²) in [6.07, 6.45) is 6.39. The molecule has 0 unspecified atom stereocenters. The van der Waals surface area contributed by atoms with Crippen molar-refractivity contribution in [3.05, 3.63) is 53.7 Å². The van der Waals surface area contributed by atoms with Crippen LogP contribution in [0.25, 0.3) is 10.9 Å². The standard InChI is InChI=1S/C26H32N4O3/c1-32-25-9-8-21(29-10-3-2-4-11-29)15-22(25)26(31)30-12-13-33-18-19(17-30)14-20-6-5-7-24-23(20)16-27-28-24/h5-9,15-16,19H,2-4,10-14,17-18H2,1H3,(H,27,28)/t19-/m1/s1. The second-order valence-corrected chi connectivity index (χ2v) is 9.08. The van der Waals surface area contributed by atoms with Gasteiger partial charge in [-0.15, -0.1) is 0 Å². The summed E-state index contributed by atoms with van der Waals surface area (Å²) in [7, 11) is 1.63. The van der Waals surface area contributed by atoms with Crippen LogP contribution in [0.1, 0.15) is 35.2 Å². The number of hydrogen-bond acceptors (Lipinski definition) is 5. The summed E-state index contributed by atoms with van der Waals surface area (Å²) in [6.45, 7) is 4.51. The van der Waals surface area contributed by atoms with Crippen molar-refractivity contribution < 1.29 is 14.3 Å². The van der Waals surface area contributed by atoms with Crippen LogP contribution in [0, 0.1) is 5.92 Å². The summed E-state index contributed by atoms with van der Waals surface area (Å²) in [6, 6.07) is 12.2. The fraction of sp³-hybridized carbons (Fsp3) is 0.462. The van der Waals surface area contributed by atoms with Gasteiger partial charge in [0.05, 0.1) is 37.6 Å². The van der Waals surface area contributed by atoms with Gasteiger partial charge in [0.25, 0.3) is 5.91 Å². The lowest BCUT2D eigenvalue weighted by Crippen LogP contribution is -2.37. The molecule has 0 bridgehead atoms. The number of methoxy groups -OCH3 is 1. The maximum absolute atomic E-state index is 13.7. The number of fused-ring (bicyclic) bond motifs is 1. The van der Waals surface area contributed by atoms with E-state index < -0.39 is 0 Å². The van der Waals surface area contributed by atoms with Crippen LogP contribution in [0.3, 0.4) is 0 Å². The van der Waals surface area contributed by atoms with E-state index in [0.717, 1.165) is 36.1 Å². The van der Waals surface area contributed by atoms with Gasteiger partial charge in [0, 0.05) is 43.2 Å². The maximum atomic E-state index is 13.7. The SMILES string of the molecule is COc1ccc(N2CCCCC2)cc1C(=O)N1CCOC[C@H](Cc2cccc3[nH]ncc23)C1. The van der Waals surface area contributed by atoms with Gasteiger partial charge in [-0.2, -0.15) is 5.10 Å². The van der Waals surface area contributed by atoms with E-state index in [-0.39, 0.29) is 11.8 Å². The monoisotopic (exact) mass is 448 g/mol. The number of aromatic amines is 1. The highest BCUT2D eigenvalue weighted by Gasteiger charge is 2.27. The number of nitrogens with zero attached hydrogens (tertiary/aromatic N) is 3. The molecule has 174 valence electrons. The third kappa shape index (κ3) is 4.69. The van der Waals surface area contributed by atoms with Gasteiger partial charge in [-0.05, 0) is 55.5 Å². The Balaban J connectivity index is 1.36.